The molecule has 0 unspecified atom stereocenters. The fraction of sp³-hybridized carbons (Fsp3) is 0.438. The van der Waals surface area contributed by atoms with E-state index in [1.807, 2.05) is 6.07 Å². The molecule has 24 heavy (non-hydrogen) atoms. The molecule has 2 aromatic rings. The van der Waals surface area contributed by atoms with Crippen LogP contribution < -0.4 is 0 Å². The lowest BCUT2D eigenvalue weighted by molar-refractivity contribution is -0.119. The first-order chi connectivity index (χ1) is 11.3. The predicted octanol–water partition coefficient (Wildman–Crippen LogP) is 1.70. The molecule has 8 heteroatoms. The van der Waals surface area contributed by atoms with Crippen molar-refractivity contribution in [1.29, 1.82) is 0 Å². The van der Waals surface area contributed by atoms with Gasteiger partial charge in [0.2, 0.25) is 0 Å². The van der Waals surface area contributed by atoms with E-state index >= 15 is 0 Å². The summed E-state index contributed by atoms with van der Waals surface area (Å²) >= 11 is 0. The number of carbonyl (C=O) groups is 2. The Hall–Kier alpha value is -2.77. The van der Waals surface area contributed by atoms with Gasteiger partial charge in [0.05, 0.1) is 19.3 Å². The summed E-state index contributed by atoms with van der Waals surface area (Å²) in [6.07, 6.45) is 4.55. The van der Waals surface area contributed by atoms with Crippen LogP contribution in [0.4, 0.5) is 4.79 Å². The van der Waals surface area contributed by atoms with Crippen LogP contribution in [0.1, 0.15) is 26.8 Å². The summed E-state index contributed by atoms with van der Waals surface area (Å²) in [5.41, 5.74) is 0.851. The van der Waals surface area contributed by atoms with E-state index in [4.69, 9.17) is 4.74 Å². The maximum atomic E-state index is 12.3. The monoisotopic (exact) mass is 329 g/mol. The Labute approximate surface area is 139 Å². The van der Waals surface area contributed by atoms with Crippen molar-refractivity contribution in [2.75, 3.05) is 13.1 Å². The Balaban J connectivity index is 1.73. The van der Waals surface area contributed by atoms with Crippen molar-refractivity contribution in [3.05, 3.63) is 30.7 Å². The molecule has 0 bridgehead atoms. The van der Waals surface area contributed by atoms with Crippen LogP contribution in [0.3, 0.4) is 0 Å². The third kappa shape index (κ3) is 3.42. The van der Waals surface area contributed by atoms with E-state index < -0.39 is 17.7 Å². The van der Waals surface area contributed by atoms with E-state index in [1.54, 1.807) is 45.4 Å². The zero-order valence-corrected chi connectivity index (χ0v) is 13.8. The summed E-state index contributed by atoms with van der Waals surface area (Å²) in [4.78, 5) is 29.8. The summed E-state index contributed by atoms with van der Waals surface area (Å²) in [5, 5.41) is 8.11. The van der Waals surface area contributed by atoms with Crippen LogP contribution in [0.2, 0.25) is 0 Å². The van der Waals surface area contributed by atoms with E-state index in [2.05, 4.69) is 15.3 Å². The van der Waals surface area contributed by atoms with Crippen LogP contribution in [0.5, 0.6) is 0 Å². The lowest BCUT2D eigenvalue weighted by Crippen LogP contribution is -2.35. The number of ether oxygens (including phenoxy) is 1. The number of nitrogens with zero attached hydrogens (tertiary/aromatic N) is 5. The SMILES string of the molecule is CC(C)(C)OC(=O)N1CC(=O)[C@H](n2cc(-c3cccnc3)nn2)C1. The highest BCUT2D eigenvalue weighted by molar-refractivity contribution is 5.90. The first kappa shape index (κ1) is 16.1. The first-order valence-electron chi connectivity index (χ1n) is 7.66. The van der Waals surface area contributed by atoms with Gasteiger partial charge in [-0.25, -0.2) is 9.48 Å². The van der Waals surface area contributed by atoms with Gasteiger partial charge in [-0.2, -0.15) is 0 Å². The van der Waals surface area contributed by atoms with Crippen molar-refractivity contribution in [3.8, 4) is 11.3 Å². The highest BCUT2D eigenvalue weighted by Gasteiger charge is 2.37. The van der Waals surface area contributed by atoms with Crippen molar-refractivity contribution in [2.24, 2.45) is 0 Å². The average molecular weight is 329 g/mol. The van der Waals surface area contributed by atoms with Gasteiger partial charge in [-0.15, -0.1) is 5.10 Å². The highest BCUT2D eigenvalue weighted by Crippen LogP contribution is 2.22. The maximum absolute atomic E-state index is 12.3. The minimum absolute atomic E-state index is 0.0155. The molecule has 0 N–H and O–H groups in total. The van der Waals surface area contributed by atoms with Gasteiger partial charge in [-0.05, 0) is 32.9 Å². The minimum Gasteiger partial charge on any atom is -0.444 e. The fourth-order valence-corrected chi connectivity index (χ4v) is 2.44. The Kier molecular flexibility index (Phi) is 4.04. The molecule has 8 nitrogen and oxygen atoms in total. The molecule has 0 aromatic carbocycles. The summed E-state index contributed by atoms with van der Waals surface area (Å²) in [6.45, 7) is 5.61. The molecule has 1 aliphatic heterocycles. The largest absolute Gasteiger partial charge is 0.444 e. The quantitative estimate of drug-likeness (QED) is 0.833. The summed E-state index contributed by atoms with van der Waals surface area (Å²) in [7, 11) is 0. The van der Waals surface area contributed by atoms with E-state index in [0.29, 0.717) is 5.69 Å². The molecular weight excluding hydrogens is 310 g/mol. The average Bonchev–Trinajstić information content (AvgIpc) is 3.13. The molecule has 1 fully saturated rings. The first-order valence-corrected chi connectivity index (χ1v) is 7.66. The number of pyridine rings is 1. The lowest BCUT2D eigenvalue weighted by Gasteiger charge is -2.23. The molecule has 1 aliphatic rings. The summed E-state index contributed by atoms with van der Waals surface area (Å²) < 4.78 is 6.80. The van der Waals surface area contributed by atoms with Crippen LogP contribution in [0.15, 0.2) is 30.7 Å². The number of rotatable bonds is 2. The molecule has 0 spiro atoms. The Morgan fingerprint density at radius 1 is 1.38 bits per heavy atom. The Morgan fingerprint density at radius 3 is 2.83 bits per heavy atom. The summed E-state index contributed by atoms with van der Waals surface area (Å²) in [5.74, 6) is -0.0940. The third-order valence-electron chi connectivity index (χ3n) is 3.55. The van der Waals surface area contributed by atoms with E-state index in [9.17, 15) is 9.59 Å². The number of ketones is 1. The predicted molar refractivity (Wildman–Crippen MR) is 85.1 cm³/mol. The van der Waals surface area contributed by atoms with Crippen molar-refractivity contribution in [2.45, 2.75) is 32.4 Å². The number of aromatic nitrogens is 4. The molecule has 0 aliphatic carbocycles. The molecule has 0 saturated carbocycles. The number of carbonyl (C=O) groups excluding carboxylic acids is 2. The van der Waals surface area contributed by atoms with Crippen molar-refractivity contribution in [1.82, 2.24) is 24.9 Å². The zero-order chi connectivity index (χ0) is 17.3. The second-order valence-corrected chi connectivity index (χ2v) is 6.67. The van der Waals surface area contributed by atoms with Gasteiger partial charge in [-0.1, -0.05) is 5.21 Å². The Bertz CT molecular complexity index is 751. The molecule has 2 aromatic heterocycles. The molecule has 3 heterocycles. The molecular formula is C16H19N5O3. The van der Waals surface area contributed by atoms with Gasteiger partial charge in [0, 0.05) is 18.0 Å². The Morgan fingerprint density at radius 2 is 2.17 bits per heavy atom. The van der Waals surface area contributed by atoms with Crippen molar-refractivity contribution >= 4 is 11.9 Å². The molecule has 3 rings (SSSR count). The van der Waals surface area contributed by atoms with Crippen LogP contribution in [-0.2, 0) is 9.53 Å². The maximum Gasteiger partial charge on any atom is 0.410 e. The zero-order valence-electron chi connectivity index (χ0n) is 13.8. The van der Waals surface area contributed by atoms with Gasteiger partial charge in [-0.3, -0.25) is 14.7 Å². The van der Waals surface area contributed by atoms with Gasteiger partial charge < -0.3 is 4.74 Å². The molecule has 1 amide bonds. The van der Waals surface area contributed by atoms with Gasteiger partial charge in [0.25, 0.3) is 0 Å². The number of Topliss-reactive ketones (excluding diaryl/α,β-unsaturated/α-hetero) is 1. The smallest absolute Gasteiger partial charge is 0.410 e. The van der Waals surface area contributed by atoms with E-state index in [0.717, 1.165) is 5.56 Å². The number of hydrogen-bond donors (Lipinski definition) is 0. The van der Waals surface area contributed by atoms with Crippen molar-refractivity contribution in [3.63, 3.8) is 0 Å². The van der Waals surface area contributed by atoms with Crippen molar-refractivity contribution < 1.29 is 14.3 Å². The number of amides is 1. The third-order valence-corrected chi connectivity index (χ3v) is 3.55. The topological polar surface area (TPSA) is 90.2 Å². The number of hydrogen-bond acceptors (Lipinski definition) is 6. The fourth-order valence-electron chi connectivity index (χ4n) is 2.44. The molecule has 1 atom stereocenters. The molecule has 0 radical (unpaired) electrons. The van der Waals surface area contributed by atoms with Crippen LogP contribution in [-0.4, -0.2) is 55.4 Å². The minimum atomic E-state index is -0.598. The lowest BCUT2D eigenvalue weighted by atomic mass is 10.2. The normalized spacial score (nSPS) is 18.0. The standard InChI is InChI=1S/C16H19N5O3/c1-16(2,3)24-15(23)20-9-13(14(22)10-20)21-8-12(18-19-21)11-5-4-6-17-7-11/h4-8,13H,9-10H2,1-3H3/t13-/m1/s1. The molecule has 126 valence electrons. The summed E-state index contributed by atoms with van der Waals surface area (Å²) in [6, 6.07) is 3.12. The van der Waals surface area contributed by atoms with Gasteiger partial charge in [0.15, 0.2) is 5.78 Å². The second-order valence-electron chi connectivity index (χ2n) is 6.67. The second kappa shape index (κ2) is 6.03. The van der Waals surface area contributed by atoms with E-state index in [-0.39, 0.29) is 18.9 Å². The van der Waals surface area contributed by atoms with Crippen LogP contribution >= 0.6 is 0 Å². The van der Waals surface area contributed by atoms with Gasteiger partial charge in [0.1, 0.15) is 17.3 Å². The van der Waals surface area contributed by atoms with Crippen LogP contribution in [0, 0.1) is 0 Å². The van der Waals surface area contributed by atoms with Gasteiger partial charge >= 0.3 is 6.09 Å². The molecule has 1 saturated heterocycles. The highest BCUT2D eigenvalue weighted by atomic mass is 16.6. The van der Waals surface area contributed by atoms with Crippen LogP contribution in [0.25, 0.3) is 11.3 Å². The van der Waals surface area contributed by atoms with E-state index in [1.165, 1.54) is 9.58 Å². The number of likely N-dealkylation sites (tertiary alicyclic amines) is 1.